The van der Waals surface area contributed by atoms with Crippen LogP contribution in [0, 0.1) is 46.3 Å². The van der Waals surface area contributed by atoms with Gasteiger partial charge in [-0.25, -0.2) is 0 Å². The Hall–Kier alpha value is -0.260. The van der Waals surface area contributed by atoms with Crippen LogP contribution in [0.4, 0.5) is 0 Å². The molecule has 0 heterocycles. The van der Waals surface area contributed by atoms with Crippen LogP contribution in [0.2, 0.25) is 0 Å². The van der Waals surface area contributed by atoms with Gasteiger partial charge in [-0.05, 0) is 30.1 Å². The molecular formula is C17H16I2O6. The van der Waals surface area contributed by atoms with Crippen molar-refractivity contribution >= 4 is 68.7 Å². The predicted molar refractivity (Wildman–Crippen MR) is 100 cm³/mol. The fourth-order valence-electron chi connectivity index (χ4n) is 7.61. The van der Waals surface area contributed by atoms with Crippen molar-refractivity contribution in [3.8, 4) is 0 Å². The molecule has 0 aromatic carbocycles. The lowest BCUT2D eigenvalue weighted by Gasteiger charge is -2.48. The fraction of sp³-hybridized carbons (Fsp3) is 0.765. The number of hydrogen-bond donors (Lipinski definition) is 0. The number of hydrogen-bond acceptors (Lipinski definition) is 6. The molecule has 0 unspecified atom stereocenters. The molecule has 134 valence electrons. The van der Waals surface area contributed by atoms with Crippen molar-refractivity contribution in [2.75, 3.05) is 14.2 Å². The van der Waals surface area contributed by atoms with Gasteiger partial charge in [0.1, 0.15) is 0 Å². The smallest absolute Gasteiger partial charge is 0.312 e. The molecule has 6 saturated carbocycles. The number of halogens is 2. The number of ether oxygens (including phenoxy) is 2. The maximum atomic E-state index is 13.1. The summed E-state index contributed by atoms with van der Waals surface area (Å²) < 4.78 is 9.58. The van der Waals surface area contributed by atoms with Crippen molar-refractivity contribution in [3.05, 3.63) is 0 Å². The molecule has 0 radical (unpaired) electrons. The Morgan fingerprint density at radius 3 is 1.56 bits per heavy atom. The number of carbonyl (C=O) groups is 4. The highest BCUT2D eigenvalue weighted by Crippen LogP contribution is 2.85. The molecule has 6 fully saturated rings. The van der Waals surface area contributed by atoms with E-state index in [2.05, 4.69) is 45.2 Å². The van der Waals surface area contributed by atoms with E-state index in [4.69, 9.17) is 9.47 Å². The van der Waals surface area contributed by atoms with E-state index in [-0.39, 0.29) is 49.5 Å². The standard InChI is InChI=1S/C17H16I2O6/c1-24-14(22)16-3-17(15(23)25-2)7-5(8(16)12(20)11(7)19)4-6(16)10(18)13(21)9(4)17/h4-11H,3H2,1-2H3/t4-,5-,6-,7-,8-,9+,10-,11-,16+,17+/m1/s1. The Bertz CT molecular complexity index is 704. The molecular weight excluding hydrogens is 554 g/mol. The third-order valence-corrected chi connectivity index (χ3v) is 10.6. The van der Waals surface area contributed by atoms with Crippen molar-refractivity contribution in [3.63, 3.8) is 0 Å². The topological polar surface area (TPSA) is 86.7 Å². The highest BCUT2D eigenvalue weighted by atomic mass is 127. The Balaban J connectivity index is 1.85. The molecule has 0 spiro atoms. The predicted octanol–water partition coefficient (Wildman–Crippen LogP) is 1.21. The van der Waals surface area contributed by atoms with E-state index in [0.717, 1.165) is 0 Å². The third-order valence-electron chi connectivity index (χ3n) is 7.85. The largest absolute Gasteiger partial charge is 0.469 e. The molecule has 0 amide bonds. The van der Waals surface area contributed by atoms with E-state index in [1.54, 1.807) is 0 Å². The van der Waals surface area contributed by atoms with E-state index in [9.17, 15) is 19.2 Å². The molecule has 25 heavy (non-hydrogen) atoms. The number of rotatable bonds is 2. The first-order chi connectivity index (χ1) is 11.8. The number of ketones is 2. The summed E-state index contributed by atoms with van der Waals surface area (Å²) in [6.45, 7) is 0. The summed E-state index contributed by atoms with van der Waals surface area (Å²) in [4.78, 5) is 52.2. The Morgan fingerprint density at radius 2 is 1.24 bits per heavy atom. The van der Waals surface area contributed by atoms with Crippen LogP contribution in [-0.2, 0) is 28.7 Å². The summed E-state index contributed by atoms with van der Waals surface area (Å²) in [7, 11) is 2.65. The van der Waals surface area contributed by atoms with Crippen molar-refractivity contribution in [1.29, 1.82) is 0 Å². The van der Waals surface area contributed by atoms with Crippen LogP contribution in [0.3, 0.4) is 0 Å². The second-order valence-corrected chi connectivity index (χ2v) is 10.7. The monoisotopic (exact) mass is 570 g/mol. The summed E-state index contributed by atoms with van der Waals surface area (Å²) in [5.74, 6) is -2.19. The van der Waals surface area contributed by atoms with Crippen molar-refractivity contribution < 1.29 is 28.7 Å². The van der Waals surface area contributed by atoms with E-state index in [1.165, 1.54) is 14.2 Å². The average Bonchev–Trinajstić information content (AvgIpc) is 3.15. The normalized spacial score (nSPS) is 56.6. The summed E-state index contributed by atoms with van der Waals surface area (Å²) in [6.07, 6.45) is 0.216. The molecule has 6 aliphatic rings. The van der Waals surface area contributed by atoms with Crippen LogP contribution in [-0.4, -0.2) is 45.6 Å². The molecule has 6 rings (SSSR count). The molecule has 8 bridgehead atoms. The summed E-state index contributed by atoms with van der Waals surface area (Å²) in [5, 5.41) is 0. The van der Waals surface area contributed by atoms with Crippen LogP contribution in [0.25, 0.3) is 0 Å². The Labute approximate surface area is 171 Å². The second-order valence-electron chi connectivity index (χ2n) is 8.01. The first-order valence-corrected chi connectivity index (χ1v) is 10.8. The molecule has 6 nitrogen and oxygen atoms in total. The van der Waals surface area contributed by atoms with E-state index < -0.39 is 34.6 Å². The van der Waals surface area contributed by atoms with Gasteiger partial charge in [0.2, 0.25) is 0 Å². The second kappa shape index (κ2) is 4.77. The van der Waals surface area contributed by atoms with Gasteiger partial charge in [0, 0.05) is 11.8 Å². The lowest BCUT2D eigenvalue weighted by atomic mass is 9.53. The van der Waals surface area contributed by atoms with Gasteiger partial charge in [-0.15, -0.1) is 0 Å². The summed E-state index contributed by atoms with van der Waals surface area (Å²) >= 11 is 4.22. The zero-order valence-corrected chi connectivity index (χ0v) is 17.8. The van der Waals surface area contributed by atoms with E-state index in [1.807, 2.05) is 0 Å². The zero-order chi connectivity index (χ0) is 18.0. The van der Waals surface area contributed by atoms with Gasteiger partial charge >= 0.3 is 11.9 Å². The molecule has 0 N–H and O–H groups in total. The summed E-state index contributed by atoms with van der Waals surface area (Å²) in [6, 6.07) is 0. The minimum Gasteiger partial charge on any atom is -0.469 e. The molecule has 6 aliphatic carbocycles. The van der Waals surface area contributed by atoms with Gasteiger partial charge in [-0.2, -0.15) is 0 Å². The zero-order valence-electron chi connectivity index (χ0n) is 13.5. The highest BCUT2D eigenvalue weighted by molar-refractivity contribution is 14.1. The highest BCUT2D eigenvalue weighted by Gasteiger charge is 2.92. The van der Waals surface area contributed by atoms with Crippen LogP contribution < -0.4 is 0 Å². The summed E-state index contributed by atoms with van der Waals surface area (Å²) in [5.41, 5.74) is -2.11. The molecule has 0 aliphatic heterocycles. The molecule has 8 heteroatoms. The first-order valence-electron chi connectivity index (χ1n) is 8.33. The lowest BCUT2D eigenvalue weighted by Crippen LogP contribution is -2.56. The SMILES string of the molecule is COC(=O)[C@@]12C[C@]3(C(=O)OC)[C@@H]4[C@@H]([C@@H]5[C@@H]1[C@@H](I)C(=O)[C@@H]53)[C@H]2C(=O)[C@@H]4I. The Kier molecular flexibility index (Phi) is 3.22. The molecule has 0 aromatic heterocycles. The number of Topliss-reactive ketones (excluding diaryl/α,β-unsaturated/α-hetero) is 2. The van der Waals surface area contributed by atoms with Gasteiger partial charge in [0.15, 0.2) is 11.6 Å². The van der Waals surface area contributed by atoms with Crippen LogP contribution >= 0.6 is 45.2 Å². The maximum Gasteiger partial charge on any atom is 0.312 e. The number of alkyl halides is 2. The van der Waals surface area contributed by atoms with Crippen LogP contribution in [0.5, 0.6) is 0 Å². The number of esters is 2. The van der Waals surface area contributed by atoms with Gasteiger partial charge in [0.25, 0.3) is 0 Å². The first kappa shape index (κ1) is 16.9. The van der Waals surface area contributed by atoms with Crippen LogP contribution in [0.15, 0.2) is 0 Å². The number of methoxy groups -OCH3 is 2. The lowest BCUT2D eigenvalue weighted by molar-refractivity contribution is -0.180. The van der Waals surface area contributed by atoms with Crippen molar-refractivity contribution in [2.24, 2.45) is 46.3 Å². The van der Waals surface area contributed by atoms with Gasteiger partial charge < -0.3 is 9.47 Å². The Morgan fingerprint density at radius 1 is 0.880 bits per heavy atom. The van der Waals surface area contributed by atoms with Gasteiger partial charge in [0.05, 0.1) is 32.9 Å². The van der Waals surface area contributed by atoms with E-state index in [0.29, 0.717) is 0 Å². The van der Waals surface area contributed by atoms with Crippen LogP contribution in [0.1, 0.15) is 6.42 Å². The van der Waals surface area contributed by atoms with Crippen molar-refractivity contribution in [2.45, 2.75) is 14.3 Å². The maximum absolute atomic E-state index is 13.1. The minimum atomic E-state index is -1.06. The quantitative estimate of drug-likeness (QED) is 0.282. The fourth-order valence-corrected chi connectivity index (χ4v) is 10.6. The van der Waals surface area contributed by atoms with Gasteiger partial charge in [-0.3, -0.25) is 19.2 Å². The third kappa shape index (κ3) is 1.39. The molecule has 0 aromatic rings. The molecule has 0 saturated heterocycles. The molecule has 10 atom stereocenters. The minimum absolute atomic E-state index is 0.0516. The van der Waals surface area contributed by atoms with E-state index >= 15 is 0 Å². The number of carbonyl (C=O) groups excluding carboxylic acids is 4. The van der Waals surface area contributed by atoms with Crippen molar-refractivity contribution in [1.82, 2.24) is 0 Å². The average molecular weight is 570 g/mol. The van der Waals surface area contributed by atoms with Gasteiger partial charge in [-0.1, -0.05) is 45.2 Å².